The number of hydrogen-bond donors (Lipinski definition) is 2. The van der Waals surface area contributed by atoms with E-state index in [2.05, 4.69) is 15.6 Å². The number of para-hydroxylation sites is 1. The largest absolute Gasteiger partial charge is 0.496 e. The molecule has 9 nitrogen and oxygen atoms in total. The van der Waals surface area contributed by atoms with Crippen molar-refractivity contribution in [2.75, 3.05) is 7.11 Å². The molecule has 3 aliphatic rings. The van der Waals surface area contributed by atoms with E-state index in [1.54, 1.807) is 23.5 Å². The SMILES string of the molecule is COc1ccccc1CNC(=O)C1(C)Cn2cnc(C(=O)NC3CC3)c2C(=O)N1C1CC1. The van der Waals surface area contributed by atoms with Crippen LogP contribution >= 0.6 is 0 Å². The number of methoxy groups -OCH3 is 1. The molecule has 32 heavy (non-hydrogen) atoms. The van der Waals surface area contributed by atoms with Gasteiger partial charge in [0.2, 0.25) is 5.91 Å². The minimum Gasteiger partial charge on any atom is -0.496 e. The Hall–Kier alpha value is -3.36. The van der Waals surface area contributed by atoms with Crippen LogP contribution in [0.2, 0.25) is 0 Å². The maximum absolute atomic E-state index is 13.6. The number of nitrogens with zero attached hydrogens (tertiary/aromatic N) is 3. The highest BCUT2D eigenvalue weighted by molar-refractivity contribution is 6.07. The first-order valence-electron chi connectivity index (χ1n) is 11.0. The highest BCUT2D eigenvalue weighted by Gasteiger charge is 2.53. The van der Waals surface area contributed by atoms with Crippen molar-refractivity contribution in [3.63, 3.8) is 0 Å². The Bertz CT molecular complexity index is 1090. The van der Waals surface area contributed by atoms with Crippen molar-refractivity contribution >= 4 is 17.7 Å². The van der Waals surface area contributed by atoms with Gasteiger partial charge in [-0.3, -0.25) is 14.4 Å². The van der Waals surface area contributed by atoms with Crippen LogP contribution in [0.1, 0.15) is 59.1 Å². The standard InChI is InChI=1S/C23H27N5O4/c1-23(22(31)24-11-14-5-3-4-6-17(14)32-2)12-27-13-25-18(20(29)26-15-7-8-15)19(27)21(30)28(23)16-9-10-16/h3-6,13,15-16H,7-12H2,1-2H3,(H,24,31)(H,26,29). The first-order valence-corrected chi connectivity index (χ1v) is 11.0. The van der Waals surface area contributed by atoms with Gasteiger partial charge in [0.05, 0.1) is 20.0 Å². The molecular weight excluding hydrogens is 410 g/mol. The van der Waals surface area contributed by atoms with Crippen LogP contribution in [0.5, 0.6) is 5.75 Å². The van der Waals surface area contributed by atoms with Gasteiger partial charge in [-0.1, -0.05) is 18.2 Å². The molecule has 0 bridgehead atoms. The lowest BCUT2D eigenvalue weighted by Crippen LogP contribution is -2.64. The minimum atomic E-state index is -1.09. The van der Waals surface area contributed by atoms with Crippen molar-refractivity contribution in [3.8, 4) is 5.75 Å². The fourth-order valence-electron chi connectivity index (χ4n) is 4.42. The summed E-state index contributed by atoms with van der Waals surface area (Å²) in [5, 5.41) is 5.89. The number of rotatable bonds is 7. The summed E-state index contributed by atoms with van der Waals surface area (Å²) in [6.07, 6.45) is 5.09. The number of carbonyl (C=O) groups is 3. The van der Waals surface area contributed by atoms with Gasteiger partial charge in [-0.05, 0) is 38.7 Å². The molecule has 1 unspecified atom stereocenters. The number of amides is 3. The summed E-state index contributed by atoms with van der Waals surface area (Å²) in [6.45, 7) is 2.32. The van der Waals surface area contributed by atoms with E-state index in [-0.39, 0.29) is 54.3 Å². The fraction of sp³-hybridized carbons (Fsp3) is 0.478. The van der Waals surface area contributed by atoms with Crippen LogP contribution < -0.4 is 15.4 Å². The first kappa shape index (κ1) is 20.5. The average molecular weight is 438 g/mol. The lowest BCUT2D eigenvalue weighted by atomic mass is 9.93. The van der Waals surface area contributed by atoms with Crippen molar-refractivity contribution in [2.24, 2.45) is 0 Å². The van der Waals surface area contributed by atoms with Crippen molar-refractivity contribution in [1.29, 1.82) is 0 Å². The summed E-state index contributed by atoms with van der Waals surface area (Å²) in [5.41, 5.74) is 0.182. The maximum atomic E-state index is 13.6. The number of hydrogen-bond acceptors (Lipinski definition) is 5. The molecule has 2 aromatic rings. The molecule has 1 aliphatic heterocycles. The number of imidazole rings is 1. The summed E-state index contributed by atoms with van der Waals surface area (Å²) in [5.74, 6) is -0.186. The molecule has 1 atom stereocenters. The molecule has 1 aromatic carbocycles. The van der Waals surface area contributed by atoms with Gasteiger partial charge in [0.1, 0.15) is 17.0 Å². The van der Waals surface area contributed by atoms with Crippen molar-refractivity contribution in [2.45, 2.75) is 63.3 Å². The van der Waals surface area contributed by atoms with Gasteiger partial charge in [0.15, 0.2) is 5.69 Å². The van der Waals surface area contributed by atoms with E-state index in [0.717, 1.165) is 31.2 Å². The zero-order valence-corrected chi connectivity index (χ0v) is 18.3. The predicted molar refractivity (Wildman–Crippen MR) is 115 cm³/mol. The summed E-state index contributed by atoms with van der Waals surface area (Å²) < 4.78 is 7.02. The maximum Gasteiger partial charge on any atom is 0.274 e. The van der Waals surface area contributed by atoms with Crippen LogP contribution in [-0.4, -0.2) is 56.9 Å². The van der Waals surface area contributed by atoms with Gasteiger partial charge < -0.3 is 24.8 Å². The molecule has 1 aromatic heterocycles. The van der Waals surface area contributed by atoms with Crippen molar-refractivity contribution in [1.82, 2.24) is 25.1 Å². The summed E-state index contributed by atoms with van der Waals surface area (Å²) in [7, 11) is 1.59. The molecule has 0 radical (unpaired) electrons. The Morgan fingerprint density at radius 1 is 1.22 bits per heavy atom. The minimum absolute atomic E-state index is 0.00694. The Labute approximate surface area is 186 Å². The predicted octanol–water partition coefficient (Wildman–Crippen LogP) is 1.48. The molecule has 2 heterocycles. The third-order valence-corrected chi connectivity index (χ3v) is 6.43. The van der Waals surface area contributed by atoms with Gasteiger partial charge in [-0.2, -0.15) is 0 Å². The summed E-state index contributed by atoms with van der Waals surface area (Å²) in [6, 6.07) is 7.66. The second-order valence-corrected chi connectivity index (χ2v) is 8.99. The van der Waals surface area contributed by atoms with Gasteiger partial charge in [0.25, 0.3) is 11.8 Å². The van der Waals surface area contributed by atoms with E-state index < -0.39 is 5.54 Å². The first-order chi connectivity index (χ1) is 15.4. The number of nitrogens with one attached hydrogen (secondary N) is 2. The number of fused-ring (bicyclic) bond motifs is 1. The van der Waals surface area contributed by atoms with E-state index in [1.807, 2.05) is 24.3 Å². The molecule has 2 saturated carbocycles. The van der Waals surface area contributed by atoms with E-state index in [4.69, 9.17) is 4.74 Å². The Kier molecular flexibility index (Phi) is 4.91. The molecule has 5 rings (SSSR count). The fourth-order valence-corrected chi connectivity index (χ4v) is 4.42. The molecular formula is C23H27N5O4. The summed E-state index contributed by atoms with van der Waals surface area (Å²) >= 11 is 0. The van der Waals surface area contributed by atoms with Crippen LogP contribution in [0.3, 0.4) is 0 Å². The molecule has 9 heteroatoms. The van der Waals surface area contributed by atoms with Gasteiger partial charge in [-0.25, -0.2) is 4.98 Å². The molecule has 3 amide bonds. The second kappa shape index (κ2) is 7.65. The van der Waals surface area contributed by atoms with E-state index in [1.165, 1.54) is 6.33 Å². The van der Waals surface area contributed by atoms with Gasteiger partial charge >= 0.3 is 0 Å². The molecule has 168 valence electrons. The quantitative estimate of drug-likeness (QED) is 0.683. The molecule has 2 aliphatic carbocycles. The topological polar surface area (TPSA) is 106 Å². The lowest BCUT2D eigenvalue weighted by molar-refractivity contribution is -0.133. The van der Waals surface area contributed by atoms with Gasteiger partial charge in [0, 0.05) is 24.2 Å². The zero-order chi connectivity index (χ0) is 22.5. The lowest BCUT2D eigenvalue weighted by Gasteiger charge is -2.44. The van der Waals surface area contributed by atoms with Crippen molar-refractivity contribution in [3.05, 3.63) is 47.5 Å². The molecule has 0 spiro atoms. The Balaban J connectivity index is 1.41. The van der Waals surface area contributed by atoms with E-state index in [0.29, 0.717) is 5.75 Å². The van der Waals surface area contributed by atoms with Crippen LogP contribution in [0, 0.1) is 0 Å². The smallest absolute Gasteiger partial charge is 0.274 e. The zero-order valence-electron chi connectivity index (χ0n) is 18.3. The van der Waals surface area contributed by atoms with Gasteiger partial charge in [-0.15, -0.1) is 0 Å². The third-order valence-electron chi connectivity index (χ3n) is 6.43. The highest BCUT2D eigenvalue weighted by atomic mass is 16.5. The Morgan fingerprint density at radius 3 is 2.66 bits per heavy atom. The molecule has 0 saturated heterocycles. The Morgan fingerprint density at radius 2 is 1.97 bits per heavy atom. The number of benzene rings is 1. The molecule has 2 N–H and O–H groups in total. The summed E-state index contributed by atoms with van der Waals surface area (Å²) in [4.78, 5) is 45.5. The van der Waals surface area contributed by atoms with Crippen LogP contribution in [0.15, 0.2) is 30.6 Å². The van der Waals surface area contributed by atoms with E-state index >= 15 is 0 Å². The van der Waals surface area contributed by atoms with E-state index in [9.17, 15) is 14.4 Å². The number of ether oxygens (including phenoxy) is 1. The number of carbonyl (C=O) groups excluding carboxylic acids is 3. The van der Waals surface area contributed by atoms with Crippen LogP contribution in [0.4, 0.5) is 0 Å². The van der Waals surface area contributed by atoms with Crippen LogP contribution in [-0.2, 0) is 17.9 Å². The molecule has 2 fully saturated rings. The number of aromatic nitrogens is 2. The van der Waals surface area contributed by atoms with Crippen molar-refractivity contribution < 1.29 is 19.1 Å². The highest BCUT2D eigenvalue weighted by Crippen LogP contribution is 2.39. The average Bonchev–Trinajstić information content (AvgIpc) is 3.72. The second-order valence-electron chi connectivity index (χ2n) is 8.99. The monoisotopic (exact) mass is 437 g/mol. The van der Waals surface area contributed by atoms with Crippen LogP contribution in [0.25, 0.3) is 0 Å². The normalized spacial score (nSPS) is 22.3. The third kappa shape index (κ3) is 3.51.